The van der Waals surface area contributed by atoms with E-state index in [-0.39, 0.29) is 0 Å². The molecular weight excluding hydrogens is 246 g/mol. The summed E-state index contributed by atoms with van der Waals surface area (Å²) in [5.41, 5.74) is 1.03. The molecule has 0 spiro atoms. The summed E-state index contributed by atoms with van der Waals surface area (Å²) in [5.74, 6) is 2.50. The monoisotopic (exact) mass is 271 g/mol. The van der Waals surface area contributed by atoms with E-state index in [4.69, 9.17) is 4.42 Å². The van der Waals surface area contributed by atoms with Gasteiger partial charge in [0.2, 0.25) is 0 Å². The third kappa shape index (κ3) is 2.90. The van der Waals surface area contributed by atoms with E-state index in [0.717, 1.165) is 12.1 Å². The Morgan fingerprint density at radius 3 is 2.80 bits per heavy atom. The van der Waals surface area contributed by atoms with Crippen molar-refractivity contribution < 1.29 is 4.42 Å². The molecule has 0 radical (unpaired) electrons. The maximum absolute atomic E-state index is 6.12. The first-order valence-electron chi connectivity index (χ1n) is 7.96. The van der Waals surface area contributed by atoms with Gasteiger partial charge in [0.05, 0.1) is 0 Å². The van der Waals surface area contributed by atoms with Crippen molar-refractivity contribution >= 4 is 11.0 Å². The van der Waals surface area contributed by atoms with Gasteiger partial charge >= 0.3 is 0 Å². The van der Waals surface area contributed by atoms with Crippen LogP contribution in [0.15, 0.2) is 34.7 Å². The van der Waals surface area contributed by atoms with Crippen molar-refractivity contribution in [2.75, 3.05) is 6.54 Å². The molecular formula is C18H25NO. The number of furan rings is 1. The van der Waals surface area contributed by atoms with E-state index in [9.17, 15) is 0 Å². The molecule has 2 nitrogen and oxygen atoms in total. The van der Waals surface area contributed by atoms with Crippen molar-refractivity contribution in [2.45, 2.75) is 51.5 Å². The Labute approximate surface area is 121 Å². The largest absolute Gasteiger partial charge is 0.461 e. The predicted molar refractivity (Wildman–Crippen MR) is 84.1 cm³/mol. The van der Waals surface area contributed by atoms with Gasteiger partial charge in [-0.15, -0.1) is 0 Å². The molecule has 1 heterocycles. The summed E-state index contributed by atoms with van der Waals surface area (Å²) in [6.45, 7) is 5.55. The van der Waals surface area contributed by atoms with Crippen LogP contribution < -0.4 is 5.32 Å². The fraction of sp³-hybridized carbons (Fsp3) is 0.556. The van der Waals surface area contributed by atoms with E-state index in [1.165, 1.54) is 36.8 Å². The molecule has 0 aliphatic heterocycles. The summed E-state index contributed by atoms with van der Waals surface area (Å²) in [6.07, 6.45) is 5.28. The highest BCUT2D eigenvalue weighted by Gasteiger charge is 2.28. The highest BCUT2D eigenvalue weighted by atomic mass is 16.3. The van der Waals surface area contributed by atoms with Crippen LogP contribution in [0.3, 0.4) is 0 Å². The molecule has 20 heavy (non-hydrogen) atoms. The topological polar surface area (TPSA) is 25.2 Å². The molecule has 1 aromatic heterocycles. The van der Waals surface area contributed by atoms with Gasteiger partial charge in [0.15, 0.2) is 0 Å². The summed E-state index contributed by atoms with van der Waals surface area (Å²) >= 11 is 0. The van der Waals surface area contributed by atoms with E-state index >= 15 is 0 Å². The Morgan fingerprint density at radius 2 is 2.00 bits per heavy atom. The minimum Gasteiger partial charge on any atom is -0.461 e. The van der Waals surface area contributed by atoms with Crippen molar-refractivity contribution in [3.8, 4) is 0 Å². The molecule has 3 rings (SSSR count). The molecule has 2 unspecified atom stereocenters. The van der Waals surface area contributed by atoms with Crippen molar-refractivity contribution in [2.24, 2.45) is 5.92 Å². The number of hydrogen-bond acceptors (Lipinski definition) is 2. The van der Waals surface area contributed by atoms with Gasteiger partial charge in [-0.3, -0.25) is 0 Å². The number of hydrogen-bond donors (Lipinski definition) is 1. The van der Waals surface area contributed by atoms with Gasteiger partial charge in [-0.25, -0.2) is 0 Å². The minimum atomic E-state index is 0.563. The second-order valence-electron chi connectivity index (χ2n) is 6.40. The van der Waals surface area contributed by atoms with Gasteiger partial charge in [0.1, 0.15) is 11.3 Å². The van der Waals surface area contributed by atoms with Crippen molar-refractivity contribution in [1.29, 1.82) is 0 Å². The van der Waals surface area contributed by atoms with E-state index in [2.05, 4.69) is 43.4 Å². The van der Waals surface area contributed by atoms with Gasteiger partial charge in [-0.05, 0) is 37.4 Å². The molecule has 2 atom stereocenters. The second-order valence-corrected chi connectivity index (χ2v) is 6.40. The van der Waals surface area contributed by atoms with Crippen LogP contribution >= 0.6 is 0 Å². The van der Waals surface area contributed by atoms with Crippen LogP contribution in [0, 0.1) is 5.92 Å². The highest BCUT2D eigenvalue weighted by Crippen LogP contribution is 2.39. The smallest absolute Gasteiger partial charge is 0.134 e. The lowest BCUT2D eigenvalue weighted by Gasteiger charge is -2.31. The van der Waals surface area contributed by atoms with Crippen LogP contribution in [0.1, 0.15) is 51.2 Å². The molecule has 0 bridgehead atoms. The van der Waals surface area contributed by atoms with Gasteiger partial charge in [0.25, 0.3) is 0 Å². The lowest BCUT2D eigenvalue weighted by Crippen LogP contribution is -2.33. The number of para-hydroxylation sites is 1. The second kappa shape index (κ2) is 6.01. The lowest BCUT2D eigenvalue weighted by atomic mass is 9.77. The van der Waals surface area contributed by atoms with Gasteiger partial charge < -0.3 is 9.73 Å². The minimum absolute atomic E-state index is 0.563. The highest BCUT2D eigenvalue weighted by molar-refractivity contribution is 5.77. The maximum Gasteiger partial charge on any atom is 0.134 e. The zero-order valence-corrected chi connectivity index (χ0v) is 12.6. The van der Waals surface area contributed by atoms with Crippen LogP contribution in [-0.4, -0.2) is 12.6 Å². The first-order valence-corrected chi connectivity index (χ1v) is 7.96. The zero-order chi connectivity index (χ0) is 13.9. The Kier molecular flexibility index (Phi) is 4.11. The maximum atomic E-state index is 6.12. The standard InChI is InChI=1S/C18H25NO/c1-13(2)19-12-15-8-3-5-9-16(15)18-11-14-7-4-6-10-17(14)20-18/h4,6-7,10-11,13,15-16,19H,3,5,8-9,12H2,1-2H3. The average molecular weight is 271 g/mol. The van der Waals surface area contributed by atoms with E-state index < -0.39 is 0 Å². The van der Waals surface area contributed by atoms with Crippen molar-refractivity contribution in [3.05, 3.63) is 36.1 Å². The number of rotatable bonds is 4. The Hall–Kier alpha value is -1.28. The van der Waals surface area contributed by atoms with E-state index in [1.54, 1.807) is 0 Å². The summed E-state index contributed by atoms with van der Waals surface area (Å²) in [4.78, 5) is 0. The average Bonchev–Trinajstić information content (AvgIpc) is 2.89. The van der Waals surface area contributed by atoms with E-state index in [0.29, 0.717) is 17.9 Å². The molecule has 0 saturated heterocycles. The Bertz CT molecular complexity index is 524. The van der Waals surface area contributed by atoms with Gasteiger partial charge in [-0.1, -0.05) is 44.9 Å². The summed E-state index contributed by atoms with van der Waals surface area (Å²) < 4.78 is 6.12. The molecule has 108 valence electrons. The van der Waals surface area contributed by atoms with Crippen LogP contribution in [0.4, 0.5) is 0 Å². The fourth-order valence-electron chi connectivity index (χ4n) is 3.40. The third-order valence-electron chi connectivity index (χ3n) is 4.51. The SMILES string of the molecule is CC(C)NCC1CCCCC1c1cc2ccccc2o1. The summed E-state index contributed by atoms with van der Waals surface area (Å²) in [5, 5.41) is 4.85. The predicted octanol–water partition coefficient (Wildman–Crippen LogP) is 4.70. The van der Waals surface area contributed by atoms with Gasteiger partial charge in [-0.2, -0.15) is 0 Å². The van der Waals surface area contributed by atoms with Crippen molar-refractivity contribution in [1.82, 2.24) is 5.32 Å². The number of nitrogens with one attached hydrogen (secondary N) is 1. The van der Waals surface area contributed by atoms with Gasteiger partial charge in [0, 0.05) is 17.3 Å². The molecule has 0 amide bonds. The van der Waals surface area contributed by atoms with Crippen LogP contribution in [0.25, 0.3) is 11.0 Å². The van der Waals surface area contributed by atoms with Crippen LogP contribution in [-0.2, 0) is 0 Å². The molecule has 1 N–H and O–H groups in total. The molecule has 2 aromatic rings. The third-order valence-corrected chi connectivity index (χ3v) is 4.51. The summed E-state index contributed by atoms with van der Waals surface area (Å²) in [6, 6.07) is 11.2. The first-order chi connectivity index (χ1) is 9.74. The van der Waals surface area contributed by atoms with Crippen molar-refractivity contribution in [3.63, 3.8) is 0 Å². The molecule has 1 aliphatic carbocycles. The van der Waals surface area contributed by atoms with Crippen LogP contribution in [0.5, 0.6) is 0 Å². The normalized spacial score (nSPS) is 23.6. The molecule has 2 heteroatoms. The molecule has 1 saturated carbocycles. The Morgan fingerprint density at radius 1 is 1.20 bits per heavy atom. The number of fused-ring (bicyclic) bond motifs is 1. The quantitative estimate of drug-likeness (QED) is 0.871. The molecule has 1 aromatic carbocycles. The first kappa shape index (κ1) is 13.7. The van der Waals surface area contributed by atoms with E-state index in [1.807, 2.05) is 6.07 Å². The lowest BCUT2D eigenvalue weighted by molar-refractivity contribution is 0.263. The molecule has 1 fully saturated rings. The number of benzene rings is 1. The fourth-order valence-corrected chi connectivity index (χ4v) is 3.40. The van der Waals surface area contributed by atoms with Crippen LogP contribution in [0.2, 0.25) is 0 Å². The Balaban J connectivity index is 1.81. The zero-order valence-electron chi connectivity index (χ0n) is 12.6. The summed E-state index contributed by atoms with van der Waals surface area (Å²) in [7, 11) is 0. The molecule has 1 aliphatic rings.